The van der Waals surface area contributed by atoms with Gasteiger partial charge in [-0.15, -0.1) is 11.3 Å². The molecule has 0 saturated heterocycles. The van der Waals surface area contributed by atoms with Crippen molar-refractivity contribution in [3.63, 3.8) is 0 Å². The molecule has 1 aromatic rings. The molecule has 0 atom stereocenters. The summed E-state index contributed by atoms with van der Waals surface area (Å²) in [6.45, 7) is 0. The van der Waals surface area contributed by atoms with Crippen molar-refractivity contribution >= 4 is 40.3 Å². The summed E-state index contributed by atoms with van der Waals surface area (Å²) >= 11 is 13.4. The van der Waals surface area contributed by atoms with Gasteiger partial charge in [0.1, 0.15) is 4.34 Å². The zero-order chi connectivity index (χ0) is 13.9. The molecule has 0 aliphatic heterocycles. The Hall–Kier alpha value is -0.0500. The van der Waals surface area contributed by atoms with Crippen LogP contribution in [0.1, 0.15) is 55.3 Å². The second-order valence-electron chi connectivity index (χ2n) is 7.26. The van der Waals surface area contributed by atoms with Gasteiger partial charge < -0.3 is 0 Å². The number of ketones is 1. The van der Waals surface area contributed by atoms with E-state index in [1.807, 2.05) is 0 Å². The van der Waals surface area contributed by atoms with Crippen LogP contribution < -0.4 is 0 Å². The van der Waals surface area contributed by atoms with Gasteiger partial charge in [-0.1, -0.05) is 23.2 Å². The molecule has 4 aliphatic rings. The number of rotatable bonds is 3. The molecule has 0 aromatic carbocycles. The first kappa shape index (κ1) is 13.6. The zero-order valence-electron chi connectivity index (χ0n) is 11.3. The zero-order valence-corrected chi connectivity index (χ0v) is 13.7. The minimum Gasteiger partial charge on any atom is -0.294 e. The number of carbonyl (C=O) groups is 1. The molecule has 1 heterocycles. The molecule has 0 spiro atoms. The van der Waals surface area contributed by atoms with Gasteiger partial charge in [-0.2, -0.15) is 0 Å². The van der Waals surface area contributed by atoms with Gasteiger partial charge in [-0.25, -0.2) is 0 Å². The Morgan fingerprint density at radius 1 is 1.15 bits per heavy atom. The molecule has 0 unspecified atom stereocenters. The Kier molecular flexibility index (Phi) is 3.21. The van der Waals surface area contributed by atoms with Crippen LogP contribution in [-0.2, 0) is 0 Å². The molecule has 4 fully saturated rings. The van der Waals surface area contributed by atoms with Crippen LogP contribution in [0.3, 0.4) is 0 Å². The summed E-state index contributed by atoms with van der Waals surface area (Å²) in [6, 6.07) is 1.75. The Bertz CT molecular complexity index is 528. The van der Waals surface area contributed by atoms with Gasteiger partial charge in [0.15, 0.2) is 5.78 Å². The van der Waals surface area contributed by atoms with Crippen molar-refractivity contribution in [2.75, 3.05) is 0 Å². The smallest absolute Gasteiger partial charge is 0.165 e. The minimum absolute atomic E-state index is 0.208. The lowest BCUT2D eigenvalue weighted by atomic mass is 9.48. The lowest BCUT2D eigenvalue weighted by Gasteiger charge is -2.56. The molecule has 20 heavy (non-hydrogen) atoms. The third kappa shape index (κ3) is 2.24. The summed E-state index contributed by atoms with van der Waals surface area (Å²) < 4.78 is 1.17. The number of carbonyl (C=O) groups excluding carboxylic acids is 1. The summed E-state index contributed by atoms with van der Waals surface area (Å²) in [4.78, 5) is 12.6. The number of hydrogen-bond acceptors (Lipinski definition) is 2. The molecule has 0 N–H and O–H groups in total. The van der Waals surface area contributed by atoms with E-state index in [0.29, 0.717) is 20.7 Å². The van der Waals surface area contributed by atoms with E-state index in [9.17, 15) is 4.79 Å². The van der Waals surface area contributed by atoms with Gasteiger partial charge in [-0.05, 0) is 67.8 Å². The number of halogens is 2. The van der Waals surface area contributed by atoms with Crippen molar-refractivity contribution < 1.29 is 4.79 Å². The summed E-state index contributed by atoms with van der Waals surface area (Å²) in [6.07, 6.45) is 8.72. The fraction of sp³-hybridized carbons (Fsp3) is 0.688. The molecule has 0 amide bonds. The summed E-state index contributed by atoms with van der Waals surface area (Å²) in [5.41, 5.74) is 0.932. The van der Waals surface area contributed by atoms with Crippen molar-refractivity contribution in [2.24, 2.45) is 23.2 Å². The minimum atomic E-state index is 0.208. The predicted octanol–water partition coefficient (Wildman–Crippen LogP) is 5.84. The van der Waals surface area contributed by atoms with Gasteiger partial charge in [0.2, 0.25) is 0 Å². The standard InChI is InChI=1S/C16H18Cl2OS/c17-14-4-12(15(18)20-14)13(19)8-16-5-9-1-10(6-16)3-11(2-9)7-16/h4,9-11H,1-3,5-8H2. The first-order valence-corrected chi connectivity index (χ1v) is 9.08. The molecule has 4 saturated carbocycles. The normalized spacial score (nSPS) is 38.4. The number of thiophene rings is 1. The summed E-state index contributed by atoms with van der Waals surface area (Å²) in [7, 11) is 0. The van der Waals surface area contributed by atoms with Crippen molar-refractivity contribution in [3.05, 3.63) is 20.3 Å². The predicted molar refractivity (Wildman–Crippen MR) is 83.9 cm³/mol. The van der Waals surface area contributed by atoms with E-state index in [1.165, 1.54) is 49.9 Å². The Morgan fingerprint density at radius 2 is 1.70 bits per heavy atom. The largest absolute Gasteiger partial charge is 0.294 e. The summed E-state index contributed by atoms with van der Waals surface area (Å²) in [5, 5.41) is 0. The maximum atomic E-state index is 12.6. The molecule has 4 aliphatic carbocycles. The third-order valence-electron chi connectivity index (χ3n) is 5.66. The second kappa shape index (κ2) is 4.72. The maximum absolute atomic E-state index is 12.6. The fourth-order valence-corrected chi connectivity index (χ4v) is 6.97. The fourth-order valence-electron chi connectivity index (χ4n) is 5.47. The van der Waals surface area contributed by atoms with Gasteiger partial charge in [0, 0.05) is 12.0 Å². The van der Waals surface area contributed by atoms with Crippen molar-refractivity contribution in [2.45, 2.75) is 44.9 Å². The van der Waals surface area contributed by atoms with Crippen molar-refractivity contribution in [3.8, 4) is 0 Å². The average Bonchev–Trinajstić information content (AvgIpc) is 2.66. The highest BCUT2D eigenvalue weighted by Gasteiger charge is 2.51. The van der Waals surface area contributed by atoms with Crippen LogP contribution in [0.25, 0.3) is 0 Å². The van der Waals surface area contributed by atoms with Crippen LogP contribution >= 0.6 is 34.5 Å². The van der Waals surface area contributed by atoms with E-state index < -0.39 is 0 Å². The van der Waals surface area contributed by atoms with Crippen LogP contribution in [0.15, 0.2) is 6.07 Å². The van der Waals surface area contributed by atoms with Crippen LogP contribution in [0.2, 0.25) is 8.67 Å². The SMILES string of the molecule is O=C(CC12CC3CC(CC(C3)C1)C2)c1cc(Cl)sc1Cl. The molecule has 1 nitrogen and oxygen atoms in total. The molecule has 1 aromatic heterocycles. The first-order valence-electron chi connectivity index (χ1n) is 7.51. The van der Waals surface area contributed by atoms with Gasteiger partial charge >= 0.3 is 0 Å². The van der Waals surface area contributed by atoms with Crippen LogP contribution in [-0.4, -0.2) is 5.78 Å². The van der Waals surface area contributed by atoms with Crippen LogP contribution in [0, 0.1) is 23.2 Å². The highest BCUT2D eigenvalue weighted by Crippen LogP contribution is 2.61. The first-order chi connectivity index (χ1) is 9.53. The highest BCUT2D eigenvalue weighted by molar-refractivity contribution is 7.20. The number of Topliss-reactive ketones (excluding diaryl/α,β-unsaturated/α-hetero) is 1. The molecular weight excluding hydrogens is 311 g/mol. The van der Waals surface area contributed by atoms with Crippen molar-refractivity contribution in [1.29, 1.82) is 0 Å². The van der Waals surface area contributed by atoms with E-state index in [2.05, 4.69) is 0 Å². The van der Waals surface area contributed by atoms with Gasteiger partial charge in [-0.3, -0.25) is 4.79 Å². The van der Waals surface area contributed by atoms with Gasteiger partial charge in [0.05, 0.1) is 4.34 Å². The lowest BCUT2D eigenvalue weighted by molar-refractivity contribution is -0.0524. The average molecular weight is 329 g/mol. The van der Waals surface area contributed by atoms with Crippen molar-refractivity contribution in [1.82, 2.24) is 0 Å². The summed E-state index contributed by atoms with van der Waals surface area (Å²) in [5.74, 6) is 2.86. The van der Waals surface area contributed by atoms with Crippen LogP contribution in [0.5, 0.6) is 0 Å². The Balaban J connectivity index is 1.57. The Morgan fingerprint density at radius 3 is 2.15 bits per heavy atom. The topological polar surface area (TPSA) is 17.1 Å². The van der Waals surface area contributed by atoms with E-state index in [0.717, 1.165) is 17.8 Å². The van der Waals surface area contributed by atoms with E-state index in [4.69, 9.17) is 23.2 Å². The molecular formula is C16H18Cl2OS. The van der Waals surface area contributed by atoms with E-state index >= 15 is 0 Å². The van der Waals surface area contributed by atoms with Gasteiger partial charge in [0.25, 0.3) is 0 Å². The van der Waals surface area contributed by atoms with E-state index in [-0.39, 0.29) is 11.2 Å². The maximum Gasteiger partial charge on any atom is 0.165 e. The molecule has 4 heteroatoms. The third-order valence-corrected chi connectivity index (χ3v) is 7.15. The molecule has 4 bridgehead atoms. The highest BCUT2D eigenvalue weighted by atomic mass is 35.5. The number of hydrogen-bond donors (Lipinski definition) is 0. The lowest BCUT2D eigenvalue weighted by Crippen LogP contribution is -2.46. The molecule has 108 valence electrons. The Labute approximate surface area is 133 Å². The quantitative estimate of drug-likeness (QED) is 0.636. The monoisotopic (exact) mass is 328 g/mol. The second-order valence-corrected chi connectivity index (χ2v) is 9.54. The molecule has 0 radical (unpaired) electrons. The van der Waals surface area contributed by atoms with E-state index in [1.54, 1.807) is 6.07 Å². The van der Waals surface area contributed by atoms with Crippen LogP contribution in [0.4, 0.5) is 0 Å². The molecule has 5 rings (SSSR count).